The molecule has 0 unspecified atom stereocenters. The summed E-state index contributed by atoms with van der Waals surface area (Å²) in [7, 11) is 1.72. The molecule has 27 heavy (non-hydrogen) atoms. The van der Waals surface area contributed by atoms with Crippen molar-refractivity contribution in [2.45, 2.75) is 45.8 Å². The van der Waals surface area contributed by atoms with Crippen molar-refractivity contribution < 1.29 is 9.53 Å². The number of anilines is 1. The third kappa shape index (κ3) is 7.72. The van der Waals surface area contributed by atoms with Gasteiger partial charge in [0.2, 0.25) is 0 Å². The summed E-state index contributed by atoms with van der Waals surface area (Å²) in [6, 6.07) is 4.12. The van der Waals surface area contributed by atoms with E-state index in [2.05, 4.69) is 36.9 Å². The first kappa shape index (κ1) is 20.8. The highest BCUT2D eigenvalue weighted by molar-refractivity contribution is 5.79. The zero-order chi connectivity index (χ0) is 19.7. The Bertz CT molecular complexity index is 635. The van der Waals surface area contributed by atoms with E-state index >= 15 is 0 Å². The minimum Gasteiger partial charge on any atom is -0.444 e. The van der Waals surface area contributed by atoms with Crippen molar-refractivity contribution in [3.8, 4) is 0 Å². The van der Waals surface area contributed by atoms with Gasteiger partial charge in [0, 0.05) is 46.0 Å². The highest BCUT2D eigenvalue weighted by Gasteiger charge is 2.15. The molecule has 2 heterocycles. The van der Waals surface area contributed by atoms with Gasteiger partial charge < -0.3 is 25.6 Å². The lowest BCUT2D eigenvalue weighted by Crippen LogP contribution is -2.42. The molecule has 8 nitrogen and oxygen atoms in total. The molecule has 1 aliphatic heterocycles. The predicted molar refractivity (Wildman–Crippen MR) is 108 cm³/mol. The number of pyridine rings is 1. The van der Waals surface area contributed by atoms with E-state index in [1.54, 1.807) is 7.05 Å². The van der Waals surface area contributed by atoms with Crippen LogP contribution < -0.4 is 20.9 Å². The maximum Gasteiger partial charge on any atom is 0.407 e. The number of ether oxygens (including phenoxy) is 1. The number of aromatic nitrogens is 1. The van der Waals surface area contributed by atoms with Crippen molar-refractivity contribution in [3.63, 3.8) is 0 Å². The molecule has 0 atom stereocenters. The Morgan fingerprint density at radius 2 is 1.93 bits per heavy atom. The van der Waals surface area contributed by atoms with Gasteiger partial charge in [0.05, 0.1) is 0 Å². The second-order valence-corrected chi connectivity index (χ2v) is 7.50. The second kappa shape index (κ2) is 9.99. The highest BCUT2D eigenvalue weighted by atomic mass is 16.6. The van der Waals surface area contributed by atoms with E-state index in [1.807, 2.05) is 33.0 Å². The van der Waals surface area contributed by atoms with Crippen molar-refractivity contribution in [1.82, 2.24) is 20.9 Å². The Labute approximate surface area is 161 Å². The number of carbonyl (C=O) groups is 1. The molecule has 0 saturated carbocycles. The van der Waals surface area contributed by atoms with Gasteiger partial charge in [-0.15, -0.1) is 0 Å². The SMILES string of the molecule is CN=C(NCCNC(=O)OC(C)(C)C)NCc1ccnc(N2CCCC2)c1. The Morgan fingerprint density at radius 1 is 1.22 bits per heavy atom. The van der Waals surface area contributed by atoms with Gasteiger partial charge in [0.1, 0.15) is 11.4 Å². The van der Waals surface area contributed by atoms with Crippen LogP contribution in [-0.4, -0.2) is 55.9 Å². The Kier molecular flexibility index (Phi) is 7.69. The number of hydrogen-bond donors (Lipinski definition) is 3. The molecule has 0 spiro atoms. The number of carbonyl (C=O) groups excluding carboxylic acids is 1. The van der Waals surface area contributed by atoms with Crippen LogP contribution in [0.3, 0.4) is 0 Å². The Morgan fingerprint density at radius 3 is 2.59 bits per heavy atom. The number of alkyl carbamates (subject to hydrolysis) is 1. The van der Waals surface area contributed by atoms with Crippen LogP contribution >= 0.6 is 0 Å². The average Bonchev–Trinajstić information content (AvgIpc) is 3.14. The predicted octanol–water partition coefficient (Wildman–Crippen LogP) is 1.87. The van der Waals surface area contributed by atoms with Crippen LogP contribution in [0.25, 0.3) is 0 Å². The monoisotopic (exact) mass is 376 g/mol. The molecule has 1 fully saturated rings. The van der Waals surface area contributed by atoms with E-state index in [-0.39, 0.29) is 0 Å². The molecule has 0 radical (unpaired) electrons. The van der Waals surface area contributed by atoms with Gasteiger partial charge in [-0.25, -0.2) is 9.78 Å². The Hall–Kier alpha value is -2.51. The number of amides is 1. The fraction of sp³-hybridized carbons (Fsp3) is 0.632. The van der Waals surface area contributed by atoms with Crippen LogP contribution in [-0.2, 0) is 11.3 Å². The number of aliphatic imine (C=N–C) groups is 1. The van der Waals surface area contributed by atoms with Crippen LogP contribution in [0.2, 0.25) is 0 Å². The first-order valence-corrected chi connectivity index (χ1v) is 9.48. The lowest BCUT2D eigenvalue weighted by atomic mass is 10.2. The van der Waals surface area contributed by atoms with Crippen LogP contribution in [0.1, 0.15) is 39.2 Å². The van der Waals surface area contributed by atoms with E-state index in [4.69, 9.17) is 4.74 Å². The molecule has 1 saturated heterocycles. The van der Waals surface area contributed by atoms with Crippen molar-refractivity contribution in [3.05, 3.63) is 23.9 Å². The summed E-state index contributed by atoms with van der Waals surface area (Å²) < 4.78 is 5.20. The molecule has 1 aromatic heterocycles. The lowest BCUT2D eigenvalue weighted by Gasteiger charge is -2.20. The lowest BCUT2D eigenvalue weighted by molar-refractivity contribution is 0.0529. The van der Waals surface area contributed by atoms with Crippen molar-refractivity contribution in [1.29, 1.82) is 0 Å². The quantitative estimate of drug-likeness (QED) is 0.399. The molecule has 8 heteroatoms. The van der Waals surface area contributed by atoms with Crippen molar-refractivity contribution in [2.75, 3.05) is 38.1 Å². The minimum atomic E-state index is -0.492. The van der Waals surface area contributed by atoms with E-state index in [9.17, 15) is 4.79 Å². The van der Waals surface area contributed by atoms with E-state index in [1.165, 1.54) is 12.8 Å². The minimum absolute atomic E-state index is 0.418. The molecule has 2 rings (SSSR count). The molecule has 1 aromatic rings. The van der Waals surface area contributed by atoms with E-state index in [0.717, 1.165) is 24.5 Å². The van der Waals surface area contributed by atoms with Crippen molar-refractivity contribution >= 4 is 17.9 Å². The highest BCUT2D eigenvalue weighted by Crippen LogP contribution is 2.18. The summed E-state index contributed by atoms with van der Waals surface area (Å²) >= 11 is 0. The standard InChI is InChI=1S/C19H32N6O2/c1-19(2,3)27-18(26)23-10-9-22-17(20-4)24-14-15-7-8-21-16(13-15)25-11-5-6-12-25/h7-8,13H,5-6,9-12,14H2,1-4H3,(H,23,26)(H2,20,22,24). The zero-order valence-corrected chi connectivity index (χ0v) is 16.8. The van der Waals surface area contributed by atoms with Crippen molar-refractivity contribution in [2.24, 2.45) is 4.99 Å². The van der Waals surface area contributed by atoms with Crippen LogP contribution in [0, 0.1) is 0 Å². The topological polar surface area (TPSA) is 90.9 Å². The number of rotatable bonds is 6. The number of nitrogens with zero attached hydrogens (tertiary/aromatic N) is 3. The van der Waals surface area contributed by atoms with Crippen LogP contribution in [0.5, 0.6) is 0 Å². The molecule has 1 amide bonds. The molecule has 0 bridgehead atoms. The largest absolute Gasteiger partial charge is 0.444 e. The average molecular weight is 377 g/mol. The molecular formula is C19H32N6O2. The normalized spacial score (nSPS) is 14.8. The van der Waals surface area contributed by atoms with Crippen LogP contribution in [0.4, 0.5) is 10.6 Å². The molecule has 0 aromatic carbocycles. The van der Waals surface area contributed by atoms with Gasteiger partial charge in [0.15, 0.2) is 5.96 Å². The third-order valence-corrected chi connectivity index (χ3v) is 4.01. The summed E-state index contributed by atoms with van der Waals surface area (Å²) in [6.45, 7) is 9.33. The first-order chi connectivity index (χ1) is 12.9. The van der Waals surface area contributed by atoms with Gasteiger partial charge in [-0.3, -0.25) is 4.99 Å². The molecule has 3 N–H and O–H groups in total. The van der Waals surface area contributed by atoms with Gasteiger partial charge in [-0.05, 0) is 51.3 Å². The fourth-order valence-corrected chi connectivity index (χ4v) is 2.76. The molecule has 1 aliphatic rings. The summed E-state index contributed by atoms with van der Waals surface area (Å²) in [5, 5.41) is 9.16. The molecular weight excluding hydrogens is 344 g/mol. The zero-order valence-electron chi connectivity index (χ0n) is 16.8. The second-order valence-electron chi connectivity index (χ2n) is 7.50. The van der Waals surface area contributed by atoms with E-state index in [0.29, 0.717) is 25.6 Å². The summed E-state index contributed by atoms with van der Waals surface area (Å²) in [4.78, 5) is 22.6. The van der Waals surface area contributed by atoms with Gasteiger partial charge in [0.25, 0.3) is 0 Å². The summed E-state index contributed by atoms with van der Waals surface area (Å²) in [5.41, 5.74) is 0.662. The first-order valence-electron chi connectivity index (χ1n) is 9.48. The molecule has 150 valence electrons. The maximum atomic E-state index is 11.6. The van der Waals surface area contributed by atoms with Gasteiger partial charge in [-0.1, -0.05) is 0 Å². The molecule has 0 aliphatic carbocycles. The number of hydrogen-bond acceptors (Lipinski definition) is 5. The van der Waals surface area contributed by atoms with Crippen LogP contribution in [0.15, 0.2) is 23.3 Å². The fourth-order valence-electron chi connectivity index (χ4n) is 2.76. The summed E-state index contributed by atoms with van der Waals surface area (Å²) in [6.07, 6.45) is 3.90. The third-order valence-electron chi connectivity index (χ3n) is 4.01. The number of guanidine groups is 1. The van der Waals surface area contributed by atoms with Gasteiger partial charge >= 0.3 is 6.09 Å². The summed E-state index contributed by atoms with van der Waals surface area (Å²) in [5.74, 6) is 1.72. The van der Waals surface area contributed by atoms with E-state index < -0.39 is 11.7 Å². The smallest absolute Gasteiger partial charge is 0.407 e. The Balaban J connectivity index is 1.71. The number of nitrogens with one attached hydrogen (secondary N) is 3. The maximum absolute atomic E-state index is 11.6. The van der Waals surface area contributed by atoms with Gasteiger partial charge in [-0.2, -0.15) is 0 Å².